The zero-order chi connectivity index (χ0) is 11.7. The number of hydrogen-bond acceptors (Lipinski definition) is 4. The predicted octanol–water partition coefficient (Wildman–Crippen LogP) is 0.830. The first-order chi connectivity index (χ1) is 8.25. The van der Waals surface area contributed by atoms with Crippen molar-refractivity contribution in [1.82, 2.24) is 19.9 Å². The van der Waals surface area contributed by atoms with E-state index in [1.165, 1.54) is 12.8 Å². The lowest BCUT2D eigenvalue weighted by Gasteiger charge is -2.28. The molecule has 1 unspecified atom stereocenters. The predicted molar refractivity (Wildman–Crippen MR) is 63.5 cm³/mol. The van der Waals surface area contributed by atoms with Crippen LogP contribution < -0.4 is 0 Å². The summed E-state index contributed by atoms with van der Waals surface area (Å²) in [4.78, 5) is 2.37. The Morgan fingerprint density at radius 3 is 2.88 bits per heavy atom. The van der Waals surface area contributed by atoms with Crippen LogP contribution in [0, 0.1) is 0 Å². The van der Waals surface area contributed by atoms with Gasteiger partial charge in [-0.2, -0.15) is 0 Å². The molecule has 17 heavy (non-hydrogen) atoms. The van der Waals surface area contributed by atoms with Crippen LogP contribution in [0.2, 0.25) is 0 Å². The standard InChI is InChI=1S/C12H20N4O/c17-12(4-1-2-5-12)10-15-7-3-11(9-15)16-8-6-13-14-16/h6,8,11,17H,1-5,7,9-10H2. The van der Waals surface area contributed by atoms with Crippen molar-refractivity contribution in [1.29, 1.82) is 0 Å². The van der Waals surface area contributed by atoms with Crippen LogP contribution in [-0.2, 0) is 0 Å². The average molecular weight is 236 g/mol. The molecular weight excluding hydrogens is 216 g/mol. The fraction of sp³-hybridized carbons (Fsp3) is 0.833. The van der Waals surface area contributed by atoms with Crippen LogP contribution in [0.25, 0.3) is 0 Å². The van der Waals surface area contributed by atoms with Gasteiger partial charge in [0.05, 0.1) is 17.8 Å². The molecule has 0 spiro atoms. The number of nitrogens with zero attached hydrogens (tertiary/aromatic N) is 4. The zero-order valence-corrected chi connectivity index (χ0v) is 10.1. The van der Waals surface area contributed by atoms with Gasteiger partial charge in [-0.25, -0.2) is 4.68 Å². The molecule has 1 saturated carbocycles. The second kappa shape index (κ2) is 4.38. The highest BCUT2D eigenvalue weighted by Gasteiger charge is 2.35. The Hall–Kier alpha value is -0.940. The Kier molecular flexibility index (Phi) is 2.88. The van der Waals surface area contributed by atoms with E-state index in [1.54, 1.807) is 6.20 Å². The van der Waals surface area contributed by atoms with Gasteiger partial charge in [-0.1, -0.05) is 18.1 Å². The molecule has 0 bridgehead atoms. The summed E-state index contributed by atoms with van der Waals surface area (Å²) in [6, 6.07) is 0.433. The number of aromatic nitrogens is 3. The third-order valence-corrected chi connectivity index (χ3v) is 4.11. The first-order valence-electron chi connectivity index (χ1n) is 6.56. The first-order valence-corrected chi connectivity index (χ1v) is 6.56. The van der Waals surface area contributed by atoms with E-state index in [4.69, 9.17) is 0 Å². The minimum absolute atomic E-state index is 0.419. The Bertz CT molecular complexity index is 359. The van der Waals surface area contributed by atoms with Crippen molar-refractivity contribution in [3.8, 4) is 0 Å². The summed E-state index contributed by atoms with van der Waals surface area (Å²) in [5.41, 5.74) is -0.419. The second-order valence-electron chi connectivity index (χ2n) is 5.49. The Balaban J connectivity index is 1.57. The molecule has 0 amide bonds. The van der Waals surface area contributed by atoms with Crippen molar-refractivity contribution in [2.75, 3.05) is 19.6 Å². The topological polar surface area (TPSA) is 54.2 Å². The lowest BCUT2D eigenvalue weighted by atomic mass is 10.0. The van der Waals surface area contributed by atoms with Crippen LogP contribution in [0.1, 0.15) is 38.1 Å². The van der Waals surface area contributed by atoms with Crippen LogP contribution in [0.3, 0.4) is 0 Å². The van der Waals surface area contributed by atoms with Gasteiger partial charge < -0.3 is 5.11 Å². The molecule has 5 nitrogen and oxygen atoms in total. The maximum absolute atomic E-state index is 10.4. The average Bonchev–Trinajstić information content (AvgIpc) is 2.98. The summed E-state index contributed by atoms with van der Waals surface area (Å²) in [6.07, 6.45) is 9.06. The van der Waals surface area contributed by atoms with Crippen molar-refractivity contribution in [3.63, 3.8) is 0 Å². The monoisotopic (exact) mass is 236 g/mol. The van der Waals surface area contributed by atoms with Crippen molar-refractivity contribution in [2.45, 2.75) is 43.7 Å². The lowest BCUT2D eigenvalue weighted by Crippen LogP contribution is -2.40. The van der Waals surface area contributed by atoms with Crippen LogP contribution in [-0.4, -0.2) is 50.2 Å². The van der Waals surface area contributed by atoms with E-state index < -0.39 is 5.60 Å². The first kappa shape index (κ1) is 11.2. The largest absolute Gasteiger partial charge is 0.389 e. The molecule has 0 aromatic carbocycles. The number of aliphatic hydroxyl groups is 1. The fourth-order valence-corrected chi connectivity index (χ4v) is 3.19. The zero-order valence-electron chi connectivity index (χ0n) is 10.1. The molecule has 1 N–H and O–H groups in total. The fourth-order valence-electron chi connectivity index (χ4n) is 3.19. The minimum Gasteiger partial charge on any atom is -0.389 e. The van der Waals surface area contributed by atoms with E-state index in [2.05, 4.69) is 15.2 Å². The Labute approximate surface area is 101 Å². The van der Waals surface area contributed by atoms with E-state index in [-0.39, 0.29) is 0 Å². The summed E-state index contributed by atoms with van der Waals surface area (Å²) in [5.74, 6) is 0. The highest BCUT2D eigenvalue weighted by Crippen LogP contribution is 2.32. The van der Waals surface area contributed by atoms with Crippen LogP contribution >= 0.6 is 0 Å². The van der Waals surface area contributed by atoms with E-state index in [0.29, 0.717) is 6.04 Å². The van der Waals surface area contributed by atoms with Gasteiger partial charge in [-0.3, -0.25) is 4.90 Å². The van der Waals surface area contributed by atoms with E-state index in [9.17, 15) is 5.11 Å². The van der Waals surface area contributed by atoms with Crippen LogP contribution in [0.15, 0.2) is 12.4 Å². The third-order valence-electron chi connectivity index (χ3n) is 4.11. The van der Waals surface area contributed by atoms with Gasteiger partial charge in [0.25, 0.3) is 0 Å². The Morgan fingerprint density at radius 2 is 2.18 bits per heavy atom. The van der Waals surface area contributed by atoms with Crippen molar-refractivity contribution < 1.29 is 5.11 Å². The molecule has 1 aromatic rings. The Morgan fingerprint density at radius 1 is 1.35 bits per heavy atom. The molecule has 5 heteroatoms. The number of likely N-dealkylation sites (tertiary alicyclic amines) is 1. The molecule has 2 aliphatic rings. The van der Waals surface area contributed by atoms with E-state index in [0.717, 1.165) is 38.9 Å². The van der Waals surface area contributed by atoms with Crippen molar-refractivity contribution in [2.24, 2.45) is 0 Å². The molecule has 0 radical (unpaired) electrons. The van der Waals surface area contributed by atoms with Gasteiger partial charge in [0.1, 0.15) is 0 Å². The van der Waals surface area contributed by atoms with Gasteiger partial charge >= 0.3 is 0 Å². The number of rotatable bonds is 3. The summed E-state index contributed by atoms with van der Waals surface area (Å²) in [5, 5.41) is 18.3. The minimum atomic E-state index is -0.419. The molecular formula is C12H20N4O. The molecule has 94 valence electrons. The lowest BCUT2D eigenvalue weighted by molar-refractivity contribution is 0.0149. The molecule has 1 aliphatic heterocycles. The van der Waals surface area contributed by atoms with E-state index in [1.807, 2.05) is 10.9 Å². The molecule has 1 saturated heterocycles. The van der Waals surface area contributed by atoms with Gasteiger partial charge in [0, 0.05) is 25.8 Å². The van der Waals surface area contributed by atoms with Crippen LogP contribution in [0.5, 0.6) is 0 Å². The number of hydrogen-bond donors (Lipinski definition) is 1. The highest BCUT2D eigenvalue weighted by molar-refractivity contribution is 4.91. The van der Waals surface area contributed by atoms with Gasteiger partial charge in [-0.15, -0.1) is 5.10 Å². The maximum atomic E-state index is 10.4. The molecule has 2 heterocycles. The quantitative estimate of drug-likeness (QED) is 0.844. The van der Waals surface area contributed by atoms with Crippen molar-refractivity contribution in [3.05, 3.63) is 12.4 Å². The normalized spacial score (nSPS) is 28.9. The smallest absolute Gasteiger partial charge is 0.0774 e. The van der Waals surface area contributed by atoms with Crippen molar-refractivity contribution >= 4 is 0 Å². The van der Waals surface area contributed by atoms with Crippen LogP contribution in [0.4, 0.5) is 0 Å². The molecule has 1 aliphatic carbocycles. The van der Waals surface area contributed by atoms with E-state index >= 15 is 0 Å². The van der Waals surface area contributed by atoms with Gasteiger partial charge in [-0.05, 0) is 19.3 Å². The maximum Gasteiger partial charge on any atom is 0.0774 e. The molecule has 1 atom stereocenters. The third kappa shape index (κ3) is 2.35. The molecule has 1 aromatic heterocycles. The van der Waals surface area contributed by atoms with Gasteiger partial charge in [0.2, 0.25) is 0 Å². The SMILES string of the molecule is OC1(CN2CCC(n3ccnn3)C2)CCCC1. The van der Waals surface area contributed by atoms with Gasteiger partial charge in [0.15, 0.2) is 0 Å². The number of β-amino-alcohol motifs (C(OH)–C–C–N with tert-alkyl or cyclic N) is 1. The summed E-state index contributed by atoms with van der Waals surface area (Å²) < 4.78 is 1.94. The summed E-state index contributed by atoms with van der Waals surface area (Å²) in [6.45, 7) is 2.89. The molecule has 2 fully saturated rings. The summed E-state index contributed by atoms with van der Waals surface area (Å²) >= 11 is 0. The summed E-state index contributed by atoms with van der Waals surface area (Å²) in [7, 11) is 0. The highest BCUT2D eigenvalue weighted by atomic mass is 16.3. The second-order valence-corrected chi connectivity index (χ2v) is 5.49. The molecule has 3 rings (SSSR count).